The topological polar surface area (TPSA) is 83.4 Å². The van der Waals surface area contributed by atoms with Crippen molar-refractivity contribution in [3.8, 4) is 11.5 Å². The lowest BCUT2D eigenvalue weighted by molar-refractivity contribution is 0.0832. The molecule has 2 aromatic rings. The van der Waals surface area contributed by atoms with Crippen LogP contribution >= 0.6 is 0 Å². The van der Waals surface area contributed by atoms with Crippen LogP contribution in [0.3, 0.4) is 0 Å². The summed E-state index contributed by atoms with van der Waals surface area (Å²) in [6.07, 6.45) is 2.60. The highest BCUT2D eigenvalue weighted by Crippen LogP contribution is 2.35. The predicted molar refractivity (Wildman–Crippen MR) is 76.1 cm³/mol. The third-order valence-electron chi connectivity index (χ3n) is 3.44. The fraction of sp³-hybridized carbons (Fsp3) is 0.467. The predicted octanol–water partition coefficient (Wildman–Crippen LogP) is 2.77. The first-order valence-corrected chi connectivity index (χ1v) is 7.25. The van der Waals surface area contributed by atoms with Gasteiger partial charge in [0.05, 0.1) is 6.04 Å². The molecule has 6 nitrogen and oxygen atoms in total. The summed E-state index contributed by atoms with van der Waals surface area (Å²) in [5, 5.41) is 3.97. The van der Waals surface area contributed by atoms with E-state index in [1.807, 2.05) is 24.3 Å². The SMILES string of the molecule is CCCC[C@H](N)c1nc(C2COc3ccccc3O2)no1. The van der Waals surface area contributed by atoms with E-state index in [0.717, 1.165) is 25.0 Å². The zero-order valence-corrected chi connectivity index (χ0v) is 12.0. The number of nitrogens with two attached hydrogens (primary N) is 1. The van der Waals surface area contributed by atoms with Crippen molar-refractivity contribution in [3.63, 3.8) is 0 Å². The van der Waals surface area contributed by atoms with E-state index in [1.165, 1.54) is 0 Å². The van der Waals surface area contributed by atoms with Gasteiger partial charge in [-0.25, -0.2) is 0 Å². The van der Waals surface area contributed by atoms with E-state index in [-0.39, 0.29) is 12.1 Å². The molecule has 1 aliphatic heterocycles. The molecule has 0 spiro atoms. The number of hydrogen-bond acceptors (Lipinski definition) is 6. The third-order valence-corrected chi connectivity index (χ3v) is 3.44. The van der Waals surface area contributed by atoms with Gasteiger partial charge in [-0.3, -0.25) is 0 Å². The number of nitrogens with zero attached hydrogens (tertiary/aromatic N) is 2. The second-order valence-electron chi connectivity index (χ2n) is 5.10. The van der Waals surface area contributed by atoms with Crippen molar-refractivity contribution >= 4 is 0 Å². The maximum atomic E-state index is 6.03. The van der Waals surface area contributed by atoms with Crippen LogP contribution in [0.5, 0.6) is 11.5 Å². The Kier molecular flexibility index (Phi) is 4.06. The van der Waals surface area contributed by atoms with E-state index < -0.39 is 0 Å². The lowest BCUT2D eigenvalue weighted by Crippen LogP contribution is -2.22. The molecule has 2 atom stereocenters. The largest absolute Gasteiger partial charge is 0.485 e. The summed E-state index contributed by atoms with van der Waals surface area (Å²) in [5.74, 6) is 2.36. The van der Waals surface area contributed by atoms with Crippen LogP contribution < -0.4 is 15.2 Å². The summed E-state index contributed by atoms with van der Waals surface area (Å²) in [4.78, 5) is 4.35. The second kappa shape index (κ2) is 6.13. The normalized spacial score (nSPS) is 18.5. The molecule has 2 N–H and O–H groups in total. The summed E-state index contributed by atoms with van der Waals surface area (Å²) < 4.78 is 16.7. The molecule has 0 aliphatic carbocycles. The summed E-state index contributed by atoms with van der Waals surface area (Å²) in [7, 11) is 0. The lowest BCUT2D eigenvalue weighted by atomic mass is 10.1. The lowest BCUT2D eigenvalue weighted by Gasteiger charge is -2.24. The quantitative estimate of drug-likeness (QED) is 0.911. The van der Waals surface area contributed by atoms with Crippen LogP contribution in [0.2, 0.25) is 0 Å². The summed E-state index contributed by atoms with van der Waals surface area (Å²) in [6, 6.07) is 7.31. The van der Waals surface area contributed by atoms with E-state index in [1.54, 1.807) is 0 Å². The molecule has 3 rings (SSSR count). The van der Waals surface area contributed by atoms with Crippen LogP contribution in [0, 0.1) is 0 Å². The molecule has 21 heavy (non-hydrogen) atoms. The second-order valence-corrected chi connectivity index (χ2v) is 5.10. The average molecular weight is 289 g/mol. The van der Waals surface area contributed by atoms with E-state index >= 15 is 0 Å². The number of rotatable bonds is 5. The number of para-hydroxylation sites is 2. The molecule has 2 heterocycles. The van der Waals surface area contributed by atoms with Gasteiger partial charge in [0, 0.05) is 0 Å². The monoisotopic (exact) mass is 289 g/mol. The van der Waals surface area contributed by atoms with Crippen LogP contribution in [0.25, 0.3) is 0 Å². The first-order chi connectivity index (χ1) is 10.3. The highest BCUT2D eigenvalue weighted by Gasteiger charge is 2.27. The van der Waals surface area contributed by atoms with Crippen molar-refractivity contribution in [1.29, 1.82) is 0 Å². The van der Waals surface area contributed by atoms with Crippen molar-refractivity contribution in [2.45, 2.75) is 38.3 Å². The Bertz CT molecular complexity index is 599. The number of hydrogen-bond donors (Lipinski definition) is 1. The summed E-state index contributed by atoms with van der Waals surface area (Å²) in [5.41, 5.74) is 6.03. The molecule has 0 amide bonds. The molecule has 0 saturated carbocycles. The number of benzene rings is 1. The van der Waals surface area contributed by atoms with Gasteiger partial charge in [0.2, 0.25) is 11.7 Å². The fourth-order valence-electron chi connectivity index (χ4n) is 2.22. The Morgan fingerprint density at radius 3 is 2.95 bits per heavy atom. The molecule has 0 bridgehead atoms. The maximum absolute atomic E-state index is 6.03. The van der Waals surface area contributed by atoms with Gasteiger partial charge >= 0.3 is 0 Å². The van der Waals surface area contributed by atoms with Crippen molar-refractivity contribution < 1.29 is 14.0 Å². The van der Waals surface area contributed by atoms with Crippen LogP contribution in [0.4, 0.5) is 0 Å². The number of unbranched alkanes of at least 4 members (excludes halogenated alkanes) is 1. The van der Waals surface area contributed by atoms with Gasteiger partial charge in [-0.1, -0.05) is 37.1 Å². The number of aromatic nitrogens is 2. The minimum absolute atomic E-state index is 0.219. The van der Waals surface area contributed by atoms with Crippen molar-refractivity contribution in [2.24, 2.45) is 5.73 Å². The van der Waals surface area contributed by atoms with Gasteiger partial charge in [-0.2, -0.15) is 4.98 Å². The zero-order valence-electron chi connectivity index (χ0n) is 12.0. The molecule has 0 saturated heterocycles. The van der Waals surface area contributed by atoms with E-state index in [2.05, 4.69) is 17.1 Å². The van der Waals surface area contributed by atoms with Crippen molar-refractivity contribution in [1.82, 2.24) is 10.1 Å². The van der Waals surface area contributed by atoms with Crippen LogP contribution in [0.15, 0.2) is 28.8 Å². The zero-order chi connectivity index (χ0) is 14.7. The number of ether oxygens (including phenoxy) is 2. The van der Waals surface area contributed by atoms with Gasteiger partial charge in [0.1, 0.15) is 6.61 Å². The van der Waals surface area contributed by atoms with Gasteiger partial charge in [0.25, 0.3) is 0 Å². The Balaban J connectivity index is 1.70. The van der Waals surface area contributed by atoms with E-state index in [4.69, 9.17) is 19.7 Å². The first kappa shape index (κ1) is 13.9. The van der Waals surface area contributed by atoms with Gasteiger partial charge < -0.3 is 19.7 Å². The highest BCUT2D eigenvalue weighted by atomic mass is 16.6. The van der Waals surface area contributed by atoms with E-state index in [9.17, 15) is 0 Å². The highest BCUT2D eigenvalue weighted by molar-refractivity contribution is 5.40. The molecular formula is C15H19N3O3. The molecule has 0 radical (unpaired) electrons. The van der Waals surface area contributed by atoms with Crippen LogP contribution in [-0.2, 0) is 0 Å². The van der Waals surface area contributed by atoms with Crippen LogP contribution in [0.1, 0.15) is 50.0 Å². The summed E-state index contributed by atoms with van der Waals surface area (Å²) in [6.45, 7) is 2.48. The van der Waals surface area contributed by atoms with Crippen LogP contribution in [-0.4, -0.2) is 16.7 Å². The van der Waals surface area contributed by atoms with Gasteiger partial charge in [-0.15, -0.1) is 0 Å². The molecule has 1 aromatic heterocycles. The smallest absolute Gasteiger partial charge is 0.243 e. The molecule has 6 heteroatoms. The first-order valence-electron chi connectivity index (χ1n) is 7.25. The summed E-state index contributed by atoms with van der Waals surface area (Å²) >= 11 is 0. The van der Waals surface area contributed by atoms with E-state index in [0.29, 0.717) is 24.1 Å². The Morgan fingerprint density at radius 1 is 1.33 bits per heavy atom. The minimum Gasteiger partial charge on any atom is -0.485 e. The van der Waals surface area contributed by atoms with Crippen molar-refractivity contribution in [2.75, 3.05) is 6.61 Å². The van der Waals surface area contributed by atoms with Crippen molar-refractivity contribution in [3.05, 3.63) is 36.0 Å². The molecular weight excluding hydrogens is 270 g/mol. The Labute approximate surface area is 123 Å². The Hall–Kier alpha value is -2.08. The Morgan fingerprint density at radius 2 is 2.14 bits per heavy atom. The maximum Gasteiger partial charge on any atom is 0.243 e. The van der Waals surface area contributed by atoms with Gasteiger partial charge in [0.15, 0.2) is 17.6 Å². The minimum atomic E-state index is -0.365. The number of fused-ring (bicyclic) bond motifs is 1. The molecule has 1 unspecified atom stereocenters. The van der Waals surface area contributed by atoms with Gasteiger partial charge in [-0.05, 0) is 18.6 Å². The molecule has 112 valence electrons. The third kappa shape index (κ3) is 3.00. The average Bonchev–Trinajstić information content (AvgIpc) is 3.02. The standard InChI is InChI=1S/C15H19N3O3/c1-2-3-6-10(16)15-17-14(18-21-15)13-9-19-11-7-4-5-8-12(11)20-13/h4-5,7-8,10,13H,2-3,6,9,16H2,1H3/t10-,13?/m0/s1. The molecule has 1 aromatic carbocycles. The molecule has 1 aliphatic rings. The fourth-order valence-corrected chi connectivity index (χ4v) is 2.22. The molecule has 0 fully saturated rings.